The topological polar surface area (TPSA) is 190 Å². The fourth-order valence-corrected chi connectivity index (χ4v) is 7.32. The minimum atomic E-state index is -4.35. The predicted molar refractivity (Wildman–Crippen MR) is 143 cm³/mol. The Morgan fingerprint density at radius 3 is 2.71 bits per heavy atom. The highest BCUT2D eigenvalue weighted by Crippen LogP contribution is 2.68. The highest BCUT2D eigenvalue weighted by Gasteiger charge is 2.90. The molecule has 2 saturated carbocycles. The molecule has 2 aliphatic carbocycles. The number of halogens is 1. The smallest absolute Gasteiger partial charge is 0.413 e. The molecule has 222 valence electrons. The summed E-state index contributed by atoms with van der Waals surface area (Å²) in [5, 5.41) is 17.7. The number of alkyl halides is 1. The molecule has 0 spiro atoms. The van der Waals surface area contributed by atoms with Crippen molar-refractivity contribution in [1.82, 2.24) is 14.6 Å². The summed E-state index contributed by atoms with van der Waals surface area (Å²) in [4.78, 5) is 28.5. The van der Waals surface area contributed by atoms with Crippen molar-refractivity contribution in [2.75, 3.05) is 13.2 Å². The number of fused-ring (bicyclic) bond motifs is 1. The summed E-state index contributed by atoms with van der Waals surface area (Å²) in [5.74, 6) is 0.181. The summed E-state index contributed by atoms with van der Waals surface area (Å²) in [6, 6.07) is 8.59. The van der Waals surface area contributed by atoms with Crippen LogP contribution in [0.5, 0.6) is 5.75 Å². The number of H-pyrrole nitrogens is 1. The summed E-state index contributed by atoms with van der Waals surface area (Å²) in [6.07, 6.45) is 0.698. The van der Waals surface area contributed by atoms with Gasteiger partial charge in [0.2, 0.25) is 0 Å². The van der Waals surface area contributed by atoms with Gasteiger partial charge in [-0.2, -0.15) is 0 Å². The summed E-state index contributed by atoms with van der Waals surface area (Å²) in [5.41, 5.74) is 2.80. The van der Waals surface area contributed by atoms with Crippen molar-refractivity contribution < 1.29 is 32.6 Å². The van der Waals surface area contributed by atoms with Crippen LogP contribution in [-0.4, -0.2) is 63.4 Å². The molecule has 1 aromatic carbocycles. The Hall–Kier alpha value is -3.03. The van der Waals surface area contributed by atoms with Crippen molar-refractivity contribution >= 4 is 7.75 Å². The van der Waals surface area contributed by atoms with E-state index in [0.29, 0.717) is 0 Å². The van der Waals surface area contributed by atoms with Gasteiger partial charge in [-0.1, -0.05) is 42.6 Å². The zero-order chi connectivity index (χ0) is 29.3. The summed E-state index contributed by atoms with van der Waals surface area (Å²) >= 11 is 0. The number of para-hydroxylation sites is 1. The van der Waals surface area contributed by atoms with Gasteiger partial charge in [0.25, 0.3) is 5.56 Å². The minimum absolute atomic E-state index is 0.0907. The van der Waals surface area contributed by atoms with Crippen molar-refractivity contribution in [2.24, 2.45) is 5.11 Å². The number of nitrogens with zero attached hydrogens (tertiary/aromatic N) is 4. The lowest BCUT2D eigenvalue weighted by atomic mass is 9.98. The van der Waals surface area contributed by atoms with Gasteiger partial charge >= 0.3 is 13.4 Å². The largest absolute Gasteiger partial charge is 0.459 e. The first kappa shape index (κ1) is 29.5. The first-order valence-electron chi connectivity index (χ1n) is 13.4. The van der Waals surface area contributed by atoms with Crippen molar-refractivity contribution in [3.05, 3.63) is 73.9 Å². The molecule has 5 rings (SSSR count). The second-order valence-electron chi connectivity index (χ2n) is 10.5. The van der Waals surface area contributed by atoms with Gasteiger partial charge in [0.05, 0.1) is 19.3 Å². The molecule has 2 aromatic rings. The molecule has 1 aliphatic heterocycles. The second-order valence-corrected chi connectivity index (χ2v) is 12.2. The van der Waals surface area contributed by atoms with Crippen LogP contribution in [0.3, 0.4) is 0 Å². The maximum atomic E-state index is 15.9. The highest BCUT2D eigenvalue weighted by atomic mass is 31.2. The lowest BCUT2D eigenvalue weighted by molar-refractivity contribution is -0.0870. The van der Waals surface area contributed by atoms with Gasteiger partial charge < -0.3 is 19.1 Å². The number of aromatic amines is 1. The molecule has 0 amide bonds. The first-order valence-corrected chi connectivity index (χ1v) is 15.0. The van der Waals surface area contributed by atoms with Gasteiger partial charge in [-0.25, -0.2) is 18.8 Å². The first-order chi connectivity index (χ1) is 19.6. The maximum Gasteiger partial charge on any atom is 0.459 e. The molecular weight excluding hydrogens is 562 g/mol. The average molecular weight is 595 g/mol. The van der Waals surface area contributed by atoms with E-state index in [2.05, 4.69) is 15.1 Å². The van der Waals surface area contributed by atoms with Crippen LogP contribution in [-0.2, 0) is 18.6 Å². The number of benzene rings is 1. The molecule has 1 saturated heterocycles. The third-order valence-corrected chi connectivity index (χ3v) is 9.34. The van der Waals surface area contributed by atoms with E-state index in [1.165, 1.54) is 6.42 Å². The molecule has 0 radical (unpaired) electrons. The van der Waals surface area contributed by atoms with E-state index >= 15 is 4.39 Å². The van der Waals surface area contributed by atoms with Gasteiger partial charge in [0.15, 0.2) is 18.0 Å². The molecule has 3 unspecified atom stereocenters. The van der Waals surface area contributed by atoms with Crippen LogP contribution < -0.4 is 20.9 Å². The quantitative estimate of drug-likeness (QED) is 0.143. The van der Waals surface area contributed by atoms with Crippen LogP contribution in [0.25, 0.3) is 10.4 Å². The van der Waals surface area contributed by atoms with E-state index < -0.39 is 61.3 Å². The fraction of sp³-hybridized carbons (Fsp3) is 0.600. The van der Waals surface area contributed by atoms with Crippen LogP contribution in [0.1, 0.15) is 45.3 Å². The molecule has 0 bridgehead atoms. The van der Waals surface area contributed by atoms with Crippen LogP contribution in [0.4, 0.5) is 4.39 Å². The molecular formula is C25H32FN6O8P. The van der Waals surface area contributed by atoms with E-state index in [-0.39, 0.29) is 18.5 Å². The fourth-order valence-electron chi connectivity index (χ4n) is 5.54. The Balaban J connectivity index is 1.39. The van der Waals surface area contributed by atoms with Gasteiger partial charge in [-0.15, -0.1) is 0 Å². The Bertz CT molecular complexity index is 1450. The van der Waals surface area contributed by atoms with Crippen LogP contribution in [0, 0.1) is 0 Å². The molecule has 3 aliphatic rings. The zero-order valence-corrected chi connectivity index (χ0v) is 23.2. The summed E-state index contributed by atoms with van der Waals surface area (Å²) in [7, 11) is -4.35. The second kappa shape index (κ2) is 11.7. The number of aromatic nitrogens is 2. The van der Waals surface area contributed by atoms with Crippen molar-refractivity contribution in [3.8, 4) is 5.75 Å². The van der Waals surface area contributed by atoms with Gasteiger partial charge in [-0.05, 0) is 37.4 Å². The Morgan fingerprint density at radius 1 is 1.29 bits per heavy atom. The Kier molecular flexibility index (Phi) is 8.40. The van der Waals surface area contributed by atoms with Crippen LogP contribution in [0.15, 0.2) is 57.3 Å². The summed E-state index contributed by atoms with van der Waals surface area (Å²) in [6.45, 7) is 1.30. The molecule has 41 heavy (non-hydrogen) atoms. The molecule has 14 nitrogen and oxygen atoms in total. The maximum absolute atomic E-state index is 15.9. The van der Waals surface area contributed by atoms with Crippen LogP contribution >= 0.6 is 7.75 Å². The van der Waals surface area contributed by atoms with E-state index in [1.807, 2.05) is 4.98 Å². The molecule has 3 N–H and O–H groups in total. The van der Waals surface area contributed by atoms with Crippen molar-refractivity contribution in [3.63, 3.8) is 0 Å². The highest BCUT2D eigenvalue weighted by molar-refractivity contribution is 7.52. The number of ether oxygens (including phenoxy) is 2. The predicted octanol–water partition coefficient (Wildman–Crippen LogP) is 3.10. The number of nitrogens with one attached hydrogen (secondary N) is 2. The zero-order valence-electron chi connectivity index (χ0n) is 22.3. The molecule has 2 heterocycles. The Labute approximate surface area is 234 Å². The normalized spacial score (nSPS) is 31.4. The molecule has 3 fully saturated rings. The summed E-state index contributed by atoms with van der Waals surface area (Å²) < 4.78 is 54.1. The number of hydrogen-bond acceptors (Lipinski definition) is 9. The van der Waals surface area contributed by atoms with Gasteiger partial charge in [0.1, 0.15) is 17.5 Å². The Morgan fingerprint density at radius 2 is 2.02 bits per heavy atom. The van der Waals surface area contributed by atoms with Gasteiger partial charge in [0, 0.05) is 23.2 Å². The average Bonchev–Trinajstić information content (AvgIpc) is 3.34. The van der Waals surface area contributed by atoms with E-state index in [1.54, 1.807) is 37.3 Å². The number of aliphatic hydroxyl groups is 1. The van der Waals surface area contributed by atoms with Crippen LogP contribution in [0.2, 0.25) is 0 Å². The third-order valence-electron chi connectivity index (χ3n) is 7.64. The van der Waals surface area contributed by atoms with E-state index in [9.17, 15) is 19.3 Å². The SMILES string of the molecule is CC(COC1CCCCC1)NP(=O)(Oc1ccccc1)OC1[C@@]2(CN=[N+]=[N-])O[C@@H](n3ccc(=O)[nH]c3=O)[C@H](F)[C@@]12O. The third kappa shape index (κ3) is 5.71. The van der Waals surface area contributed by atoms with Crippen molar-refractivity contribution in [2.45, 2.75) is 80.9 Å². The van der Waals surface area contributed by atoms with Gasteiger partial charge in [-0.3, -0.25) is 18.9 Å². The van der Waals surface area contributed by atoms with Crippen molar-refractivity contribution in [1.29, 1.82) is 0 Å². The minimum Gasteiger partial charge on any atom is -0.413 e. The molecule has 16 heteroatoms. The standard InChI is InChI=1S/C25H32FN6O8P/c1-16(14-37-17-8-4-2-5-9-17)30-41(36,39-18-10-6-3-7-11-18)40-22-24(15-28-31-27)25(22,35)20(26)21(38-24)32-13-12-19(33)29-23(32)34/h3,6-7,10-13,16-17,20-22,35H,2,4-5,8-9,14-15H2,1H3,(H,30,36)(H,29,33,34)/t16?,20-,21+,22?,24+,25+,41?/m0/s1. The molecule has 1 aromatic heterocycles. The number of azide groups is 1. The van der Waals surface area contributed by atoms with E-state index in [4.69, 9.17) is 24.1 Å². The monoisotopic (exact) mass is 594 g/mol. The van der Waals surface area contributed by atoms with E-state index in [0.717, 1.165) is 42.5 Å². The number of rotatable bonds is 12. The lowest BCUT2D eigenvalue weighted by Gasteiger charge is -2.28. The lowest BCUT2D eigenvalue weighted by Crippen LogP contribution is -2.40. The number of hydrogen-bond donors (Lipinski definition) is 3. The molecule has 7 atom stereocenters.